The number of carbonyl (C=O) groups is 1. The lowest BCUT2D eigenvalue weighted by Crippen LogP contribution is -2.43. The monoisotopic (exact) mass is 566 g/mol. The fourth-order valence-corrected chi connectivity index (χ4v) is 5.15. The molecule has 1 fully saturated rings. The second-order valence-corrected chi connectivity index (χ2v) is 10.8. The Morgan fingerprint density at radius 1 is 0.929 bits per heavy atom. The van der Waals surface area contributed by atoms with Crippen molar-refractivity contribution >= 4 is 5.91 Å². The molecule has 0 spiro atoms. The number of hydrogen-bond acceptors (Lipinski definition) is 7. The lowest BCUT2D eigenvalue weighted by Gasteiger charge is -2.42. The SMILES string of the molecule is CC1C(CN(C)CCc2ccccn2)OC(c2ccc(CNC(=O)c3cccnc3)cc2)OC1c1ccc(CO)cc1. The second kappa shape index (κ2) is 14.3. The fraction of sp³-hybridized carbons (Fsp3) is 0.324. The number of rotatable bonds is 11. The quantitative estimate of drug-likeness (QED) is 0.268. The maximum Gasteiger partial charge on any atom is 0.253 e. The summed E-state index contributed by atoms with van der Waals surface area (Å²) >= 11 is 0. The van der Waals surface area contributed by atoms with E-state index in [0.717, 1.165) is 47.5 Å². The van der Waals surface area contributed by atoms with Crippen LogP contribution in [0.3, 0.4) is 0 Å². The maximum atomic E-state index is 12.4. The van der Waals surface area contributed by atoms with E-state index in [-0.39, 0.29) is 30.6 Å². The van der Waals surface area contributed by atoms with Gasteiger partial charge in [-0.05, 0) is 48.0 Å². The average molecular weight is 567 g/mol. The van der Waals surface area contributed by atoms with Crippen molar-refractivity contribution in [2.24, 2.45) is 5.92 Å². The van der Waals surface area contributed by atoms with Gasteiger partial charge in [-0.25, -0.2) is 0 Å². The number of aliphatic hydroxyl groups excluding tert-OH is 1. The highest BCUT2D eigenvalue weighted by molar-refractivity contribution is 5.93. The largest absolute Gasteiger partial charge is 0.392 e. The Hall–Kier alpha value is -3.95. The normalized spacial score (nSPS) is 20.4. The molecule has 4 unspecified atom stereocenters. The van der Waals surface area contributed by atoms with Crippen molar-refractivity contribution in [1.29, 1.82) is 0 Å². The van der Waals surface area contributed by atoms with Gasteiger partial charge >= 0.3 is 0 Å². The number of nitrogens with zero attached hydrogens (tertiary/aromatic N) is 3. The predicted octanol–water partition coefficient (Wildman–Crippen LogP) is 4.86. The molecule has 42 heavy (non-hydrogen) atoms. The van der Waals surface area contributed by atoms with Gasteiger partial charge < -0.3 is 24.8 Å². The molecule has 8 heteroatoms. The maximum absolute atomic E-state index is 12.4. The third kappa shape index (κ3) is 7.66. The Bertz CT molecular complexity index is 1400. The highest BCUT2D eigenvalue weighted by Crippen LogP contribution is 2.41. The van der Waals surface area contributed by atoms with Crippen molar-refractivity contribution in [3.05, 3.63) is 131 Å². The van der Waals surface area contributed by atoms with E-state index in [9.17, 15) is 9.90 Å². The van der Waals surface area contributed by atoms with Crippen molar-refractivity contribution in [2.75, 3.05) is 20.1 Å². The molecule has 0 bridgehead atoms. The molecule has 5 rings (SSSR count). The van der Waals surface area contributed by atoms with Crippen LogP contribution in [-0.2, 0) is 29.0 Å². The van der Waals surface area contributed by atoms with E-state index < -0.39 is 6.29 Å². The Labute approximate surface area is 247 Å². The molecule has 0 saturated carbocycles. The molecule has 4 aromatic rings. The van der Waals surface area contributed by atoms with Crippen LogP contribution in [0.1, 0.15) is 57.6 Å². The highest BCUT2D eigenvalue weighted by Gasteiger charge is 2.38. The molecule has 8 nitrogen and oxygen atoms in total. The lowest BCUT2D eigenvalue weighted by molar-refractivity contribution is -0.275. The topological polar surface area (TPSA) is 96.8 Å². The molecule has 2 N–H and O–H groups in total. The van der Waals surface area contributed by atoms with Crippen LogP contribution < -0.4 is 5.32 Å². The molecular formula is C34H38N4O4. The zero-order chi connectivity index (χ0) is 29.3. The summed E-state index contributed by atoms with van der Waals surface area (Å²) in [5.74, 6) is -0.0642. The third-order valence-corrected chi connectivity index (χ3v) is 7.72. The highest BCUT2D eigenvalue weighted by atomic mass is 16.7. The van der Waals surface area contributed by atoms with Crippen LogP contribution in [0.15, 0.2) is 97.5 Å². The first-order valence-electron chi connectivity index (χ1n) is 14.4. The number of aromatic nitrogens is 2. The summed E-state index contributed by atoms with van der Waals surface area (Å²) in [6.07, 6.45) is 5.10. The number of ether oxygens (including phenoxy) is 2. The van der Waals surface area contributed by atoms with Crippen molar-refractivity contribution in [3.8, 4) is 0 Å². The Morgan fingerprint density at radius 2 is 1.69 bits per heavy atom. The molecule has 1 amide bonds. The average Bonchev–Trinajstić information content (AvgIpc) is 3.05. The van der Waals surface area contributed by atoms with Crippen LogP contribution in [0.25, 0.3) is 0 Å². The van der Waals surface area contributed by atoms with Crippen LogP contribution in [0.4, 0.5) is 0 Å². The van der Waals surface area contributed by atoms with Gasteiger partial charge in [0, 0.05) is 61.8 Å². The van der Waals surface area contributed by atoms with Gasteiger partial charge in [-0.2, -0.15) is 0 Å². The van der Waals surface area contributed by atoms with Gasteiger partial charge in [-0.3, -0.25) is 14.8 Å². The van der Waals surface area contributed by atoms with Crippen LogP contribution in [0.2, 0.25) is 0 Å². The Kier molecular flexibility index (Phi) is 10.0. The molecule has 1 saturated heterocycles. The summed E-state index contributed by atoms with van der Waals surface area (Å²) in [6.45, 7) is 4.20. The number of likely N-dealkylation sites (N-methyl/N-ethyl adjacent to an activating group) is 1. The Morgan fingerprint density at radius 3 is 2.38 bits per heavy atom. The van der Waals surface area contributed by atoms with Gasteiger partial charge in [0.25, 0.3) is 5.91 Å². The van der Waals surface area contributed by atoms with Crippen molar-refractivity contribution in [3.63, 3.8) is 0 Å². The first-order chi connectivity index (χ1) is 20.5. The molecule has 0 radical (unpaired) electrons. The molecule has 218 valence electrons. The summed E-state index contributed by atoms with van der Waals surface area (Å²) < 4.78 is 13.2. The number of nitrogens with one attached hydrogen (secondary N) is 1. The van der Waals surface area contributed by atoms with E-state index >= 15 is 0 Å². The minimum atomic E-state index is -0.544. The molecule has 2 aromatic heterocycles. The van der Waals surface area contributed by atoms with Gasteiger partial charge in [0.05, 0.1) is 24.4 Å². The zero-order valence-electron chi connectivity index (χ0n) is 24.1. The van der Waals surface area contributed by atoms with Gasteiger partial charge in [-0.15, -0.1) is 0 Å². The minimum Gasteiger partial charge on any atom is -0.392 e. The van der Waals surface area contributed by atoms with E-state index in [1.165, 1.54) is 0 Å². The molecular weight excluding hydrogens is 528 g/mol. The number of carbonyl (C=O) groups excluding carboxylic acids is 1. The molecule has 0 aliphatic carbocycles. The first kappa shape index (κ1) is 29.5. The van der Waals surface area contributed by atoms with E-state index in [0.29, 0.717) is 12.1 Å². The van der Waals surface area contributed by atoms with E-state index in [1.807, 2.05) is 66.9 Å². The number of benzene rings is 2. The van der Waals surface area contributed by atoms with Gasteiger partial charge in [0.1, 0.15) is 0 Å². The van der Waals surface area contributed by atoms with Crippen molar-refractivity contribution in [1.82, 2.24) is 20.2 Å². The van der Waals surface area contributed by atoms with E-state index in [4.69, 9.17) is 9.47 Å². The van der Waals surface area contributed by atoms with Crippen LogP contribution in [-0.4, -0.2) is 52.1 Å². The number of amides is 1. The summed E-state index contributed by atoms with van der Waals surface area (Å²) in [6, 6.07) is 25.4. The van der Waals surface area contributed by atoms with Crippen molar-refractivity contribution in [2.45, 2.75) is 45.0 Å². The number of pyridine rings is 2. The second-order valence-electron chi connectivity index (χ2n) is 10.8. The Balaban J connectivity index is 1.28. The molecule has 1 aliphatic heterocycles. The summed E-state index contributed by atoms with van der Waals surface area (Å²) in [5.41, 5.74) is 5.42. The van der Waals surface area contributed by atoms with Crippen LogP contribution >= 0.6 is 0 Å². The van der Waals surface area contributed by atoms with Gasteiger partial charge in [0.15, 0.2) is 6.29 Å². The van der Waals surface area contributed by atoms with Crippen LogP contribution in [0.5, 0.6) is 0 Å². The standard InChI is InChI=1S/C34H38N4O4/c1-24-31(22-38(2)19-16-30-7-3-4-18-36-30)41-34(42-32(24)27-12-10-26(23-39)11-13-27)28-14-8-25(9-15-28)20-37-33(40)29-6-5-17-35-21-29/h3-15,17-18,21,24,31-32,34,39H,16,19-20,22-23H2,1-2H3,(H,37,40). The molecule has 4 atom stereocenters. The van der Waals surface area contributed by atoms with Gasteiger partial charge in [0.2, 0.25) is 0 Å². The van der Waals surface area contributed by atoms with E-state index in [1.54, 1.807) is 24.5 Å². The minimum absolute atomic E-state index is 0.00578. The first-order valence-corrected chi connectivity index (χ1v) is 14.4. The van der Waals surface area contributed by atoms with E-state index in [2.05, 4.69) is 40.2 Å². The molecule has 1 aliphatic rings. The van der Waals surface area contributed by atoms with Crippen LogP contribution in [0, 0.1) is 5.92 Å². The zero-order valence-corrected chi connectivity index (χ0v) is 24.1. The summed E-state index contributed by atoms with van der Waals surface area (Å²) in [5, 5.41) is 12.5. The fourth-order valence-electron chi connectivity index (χ4n) is 5.15. The summed E-state index contributed by atoms with van der Waals surface area (Å²) in [7, 11) is 2.11. The lowest BCUT2D eigenvalue weighted by atomic mass is 9.90. The third-order valence-electron chi connectivity index (χ3n) is 7.72. The van der Waals surface area contributed by atoms with Crippen molar-refractivity contribution < 1.29 is 19.4 Å². The number of aliphatic hydroxyl groups is 1. The molecule has 2 aromatic carbocycles. The smallest absolute Gasteiger partial charge is 0.253 e. The molecule has 3 heterocycles. The predicted molar refractivity (Wildman–Crippen MR) is 160 cm³/mol. The van der Waals surface area contributed by atoms with Gasteiger partial charge in [-0.1, -0.05) is 61.5 Å². The number of hydrogen-bond donors (Lipinski definition) is 2. The summed E-state index contributed by atoms with van der Waals surface area (Å²) in [4.78, 5) is 23.2.